The summed E-state index contributed by atoms with van der Waals surface area (Å²) in [4.78, 5) is 0. The minimum Gasteiger partial charge on any atom is -0.330 e. The van der Waals surface area contributed by atoms with Gasteiger partial charge in [0, 0.05) is 16.5 Å². The molecule has 18 heavy (non-hydrogen) atoms. The average molecular weight is 334 g/mol. The van der Waals surface area contributed by atoms with E-state index in [0.29, 0.717) is 18.9 Å². The Balaban J connectivity index is 2.44. The molecular weight excluding hydrogens is 314 g/mol. The highest BCUT2D eigenvalue weighted by Gasteiger charge is 2.10. The second kappa shape index (κ2) is 7.26. The fraction of sp³-hybridized carbons (Fsp3) is 0.538. The van der Waals surface area contributed by atoms with Crippen molar-refractivity contribution in [2.24, 2.45) is 11.7 Å². The van der Waals surface area contributed by atoms with Gasteiger partial charge in [-0.25, -0.2) is 8.42 Å². The van der Waals surface area contributed by atoms with Gasteiger partial charge in [0.15, 0.2) is 0 Å². The molecule has 3 nitrogen and oxygen atoms in total. The molecule has 1 atom stereocenters. The van der Waals surface area contributed by atoms with Gasteiger partial charge in [-0.3, -0.25) is 0 Å². The van der Waals surface area contributed by atoms with Crippen LogP contribution in [0.15, 0.2) is 28.7 Å². The molecule has 0 fully saturated rings. The molecule has 0 aliphatic rings. The Kier molecular flexibility index (Phi) is 6.32. The van der Waals surface area contributed by atoms with Crippen LogP contribution in [0.4, 0.5) is 0 Å². The smallest absolute Gasteiger partial charge is 0.147 e. The average Bonchev–Trinajstić information content (AvgIpc) is 2.29. The van der Waals surface area contributed by atoms with Crippen LogP contribution in [0.1, 0.15) is 18.4 Å². The summed E-state index contributed by atoms with van der Waals surface area (Å²) in [7, 11) is -2.85. The number of halogens is 1. The summed E-state index contributed by atoms with van der Waals surface area (Å²) in [6, 6.07) is 8.17. The number of rotatable bonds is 7. The largest absolute Gasteiger partial charge is 0.330 e. The lowest BCUT2D eigenvalue weighted by molar-refractivity contribution is 0.486. The summed E-state index contributed by atoms with van der Waals surface area (Å²) in [6.45, 7) is 0.597. The molecule has 0 saturated heterocycles. The zero-order chi connectivity index (χ0) is 13.6. The van der Waals surface area contributed by atoms with E-state index in [2.05, 4.69) is 28.1 Å². The van der Waals surface area contributed by atoms with Crippen molar-refractivity contribution >= 4 is 25.8 Å². The van der Waals surface area contributed by atoms with Crippen LogP contribution in [0.5, 0.6) is 0 Å². The van der Waals surface area contributed by atoms with Crippen molar-refractivity contribution in [3.8, 4) is 0 Å². The first-order chi connectivity index (χ1) is 8.40. The Morgan fingerprint density at radius 1 is 1.28 bits per heavy atom. The molecule has 0 spiro atoms. The Bertz CT molecular complexity index is 456. The summed E-state index contributed by atoms with van der Waals surface area (Å²) in [6.07, 6.45) is 3.74. The minimum atomic E-state index is -2.85. The van der Waals surface area contributed by atoms with E-state index in [4.69, 9.17) is 5.73 Å². The molecule has 0 bridgehead atoms. The zero-order valence-electron chi connectivity index (χ0n) is 10.6. The van der Waals surface area contributed by atoms with Gasteiger partial charge in [-0.1, -0.05) is 28.1 Å². The van der Waals surface area contributed by atoms with Gasteiger partial charge in [-0.2, -0.15) is 0 Å². The van der Waals surface area contributed by atoms with E-state index in [0.717, 1.165) is 17.3 Å². The first-order valence-electron chi connectivity index (χ1n) is 6.03. The lowest BCUT2D eigenvalue weighted by Crippen LogP contribution is -2.18. The SMILES string of the molecule is CS(=O)(=O)CCCC(CN)Cc1ccc(Br)cc1. The Morgan fingerprint density at radius 3 is 2.39 bits per heavy atom. The van der Waals surface area contributed by atoms with Crippen molar-refractivity contribution in [3.05, 3.63) is 34.3 Å². The third kappa shape index (κ3) is 6.52. The first kappa shape index (κ1) is 15.7. The van der Waals surface area contributed by atoms with Gasteiger partial charge in [0.2, 0.25) is 0 Å². The summed E-state index contributed by atoms with van der Waals surface area (Å²) in [5.74, 6) is 0.608. The van der Waals surface area contributed by atoms with Crippen molar-refractivity contribution in [1.29, 1.82) is 0 Å². The molecule has 5 heteroatoms. The van der Waals surface area contributed by atoms with Crippen molar-refractivity contribution < 1.29 is 8.42 Å². The fourth-order valence-corrected chi connectivity index (χ4v) is 2.85. The van der Waals surface area contributed by atoms with E-state index in [1.54, 1.807) is 0 Å². The van der Waals surface area contributed by atoms with Crippen LogP contribution in [-0.2, 0) is 16.3 Å². The highest BCUT2D eigenvalue weighted by Crippen LogP contribution is 2.16. The standard InChI is InChI=1S/C13H20BrNO2S/c1-18(16,17)8-2-3-12(10-15)9-11-4-6-13(14)7-5-11/h4-7,12H,2-3,8-10,15H2,1H3. The zero-order valence-corrected chi connectivity index (χ0v) is 13.0. The van der Waals surface area contributed by atoms with Crippen molar-refractivity contribution in [2.45, 2.75) is 19.3 Å². The van der Waals surface area contributed by atoms with Gasteiger partial charge < -0.3 is 5.73 Å². The molecule has 0 amide bonds. The molecular formula is C13H20BrNO2S. The number of sulfone groups is 1. The molecule has 1 aromatic carbocycles. The lowest BCUT2D eigenvalue weighted by atomic mass is 9.95. The predicted molar refractivity (Wildman–Crippen MR) is 79.3 cm³/mol. The van der Waals surface area contributed by atoms with Gasteiger partial charge in [0.25, 0.3) is 0 Å². The quantitative estimate of drug-likeness (QED) is 0.833. The maximum Gasteiger partial charge on any atom is 0.147 e. The molecule has 1 rings (SSSR count). The van der Waals surface area contributed by atoms with E-state index < -0.39 is 9.84 Å². The van der Waals surface area contributed by atoms with Crippen molar-refractivity contribution in [2.75, 3.05) is 18.6 Å². The number of benzene rings is 1. The normalized spacial score (nSPS) is 13.5. The number of hydrogen-bond donors (Lipinski definition) is 1. The van der Waals surface area contributed by atoms with Crippen molar-refractivity contribution in [1.82, 2.24) is 0 Å². The van der Waals surface area contributed by atoms with E-state index in [1.165, 1.54) is 11.8 Å². The molecule has 102 valence electrons. The Morgan fingerprint density at radius 2 is 1.89 bits per heavy atom. The molecule has 0 aliphatic heterocycles. The van der Waals surface area contributed by atoms with Crippen LogP contribution in [0.2, 0.25) is 0 Å². The van der Waals surface area contributed by atoms with E-state index in [9.17, 15) is 8.42 Å². The van der Waals surface area contributed by atoms with Crippen LogP contribution >= 0.6 is 15.9 Å². The van der Waals surface area contributed by atoms with Crippen LogP contribution in [0.3, 0.4) is 0 Å². The molecule has 0 radical (unpaired) electrons. The van der Waals surface area contributed by atoms with Crippen LogP contribution in [-0.4, -0.2) is 27.0 Å². The highest BCUT2D eigenvalue weighted by atomic mass is 79.9. The molecule has 1 aromatic rings. The summed E-state index contributed by atoms with van der Waals surface area (Å²) >= 11 is 3.40. The van der Waals surface area contributed by atoms with Gasteiger partial charge in [-0.15, -0.1) is 0 Å². The maximum absolute atomic E-state index is 11.1. The number of hydrogen-bond acceptors (Lipinski definition) is 3. The minimum absolute atomic E-state index is 0.254. The topological polar surface area (TPSA) is 60.2 Å². The monoisotopic (exact) mass is 333 g/mol. The second-order valence-electron chi connectivity index (χ2n) is 4.70. The van der Waals surface area contributed by atoms with E-state index >= 15 is 0 Å². The summed E-state index contributed by atoms with van der Waals surface area (Å²) in [5.41, 5.74) is 6.99. The molecule has 0 heterocycles. The van der Waals surface area contributed by atoms with E-state index in [-0.39, 0.29) is 5.75 Å². The number of nitrogens with two attached hydrogens (primary N) is 1. The van der Waals surface area contributed by atoms with Crippen LogP contribution in [0, 0.1) is 5.92 Å². The molecule has 0 aromatic heterocycles. The molecule has 0 aliphatic carbocycles. The Labute approximate surface area is 118 Å². The molecule has 0 saturated carbocycles. The highest BCUT2D eigenvalue weighted by molar-refractivity contribution is 9.10. The molecule has 2 N–H and O–H groups in total. The molecule has 1 unspecified atom stereocenters. The Hall–Kier alpha value is -0.390. The van der Waals surface area contributed by atoms with Gasteiger partial charge >= 0.3 is 0 Å². The summed E-state index contributed by atoms with van der Waals surface area (Å²) < 4.78 is 23.2. The van der Waals surface area contributed by atoms with E-state index in [1.807, 2.05) is 12.1 Å². The fourth-order valence-electron chi connectivity index (χ4n) is 1.89. The van der Waals surface area contributed by atoms with Gasteiger partial charge in [0.1, 0.15) is 9.84 Å². The first-order valence-corrected chi connectivity index (χ1v) is 8.88. The maximum atomic E-state index is 11.1. The third-order valence-electron chi connectivity index (χ3n) is 2.90. The second-order valence-corrected chi connectivity index (χ2v) is 7.88. The predicted octanol–water partition coefficient (Wildman–Crippen LogP) is 2.39. The lowest BCUT2D eigenvalue weighted by Gasteiger charge is -2.14. The third-order valence-corrected chi connectivity index (χ3v) is 4.46. The van der Waals surface area contributed by atoms with Gasteiger partial charge in [-0.05, 0) is 49.4 Å². The van der Waals surface area contributed by atoms with Crippen molar-refractivity contribution in [3.63, 3.8) is 0 Å². The van der Waals surface area contributed by atoms with Gasteiger partial charge in [0.05, 0.1) is 0 Å². The van der Waals surface area contributed by atoms with Crippen LogP contribution < -0.4 is 5.73 Å². The summed E-state index contributed by atoms with van der Waals surface area (Å²) in [5, 5.41) is 0. The van der Waals surface area contributed by atoms with Crippen LogP contribution in [0.25, 0.3) is 0 Å².